The molecule has 0 saturated heterocycles. The van der Waals surface area contributed by atoms with Crippen LogP contribution in [0.5, 0.6) is 0 Å². The van der Waals surface area contributed by atoms with Gasteiger partial charge in [-0.1, -0.05) is 18.9 Å². The molecule has 0 aliphatic heterocycles. The van der Waals surface area contributed by atoms with Gasteiger partial charge in [0.25, 0.3) is 5.91 Å². The van der Waals surface area contributed by atoms with Crippen LogP contribution in [-0.4, -0.2) is 35.1 Å². The molecular weight excluding hydrogens is 264 g/mol. The third-order valence-electron chi connectivity index (χ3n) is 3.98. The zero-order valence-electron chi connectivity index (χ0n) is 11.5. The van der Waals surface area contributed by atoms with E-state index in [-0.39, 0.29) is 5.56 Å². The third kappa shape index (κ3) is 3.15. The molecule has 1 aromatic carbocycles. The average molecular weight is 283 g/mol. The molecule has 0 heterocycles. The molecule has 0 bridgehead atoms. The molecule has 0 aromatic heterocycles. The molecule has 1 aromatic rings. The van der Waals surface area contributed by atoms with Crippen LogP contribution in [0, 0.1) is 11.6 Å². The summed E-state index contributed by atoms with van der Waals surface area (Å²) in [7, 11) is 1.53. The van der Waals surface area contributed by atoms with E-state index in [1.165, 1.54) is 24.1 Å². The normalized spacial score (nSPS) is 17.2. The van der Waals surface area contributed by atoms with Gasteiger partial charge >= 0.3 is 0 Å². The first kappa shape index (κ1) is 14.9. The Morgan fingerprint density at radius 2 is 2.00 bits per heavy atom. The van der Waals surface area contributed by atoms with Crippen molar-refractivity contribution in [3.8, 4) is 0 Å². The van der Waals surface area contributed by atoms with Gasteiger partial charge in [0.05, 0.1) is 11.2 Å². The van der Waals surface area contributed by atoms with E-state index in [0.29, 0.717) is 13.0 Å². The molecule has 20 heavy (non-hydrogen) atoms. The lowest BCUT2D eigenvalue weighted by molar-refractivity contribution is 0.0295. The van der Waals surface area contributed by atoms with E-state index in [1.54, 1.807) is 0 Å². The number of benzene rings is 1. The van der Waals surface area contributed by atoms with Crippen LogP contribution in [-0.2, 0) is 0 Å². The Morgan fingerprint density at radius 1 is 1.35 bits per heavy atom. The van der Waals surface area contributed by atoms with Gasteiger partial charge in [-0.05, 0) is 31.4 Å². The van der Waals surface area contributed by atoms with E-state index in [2.05, 4.69) is 0 Å². The van der Waals surface area contributed by atoms with Crippen molar-refractivity contribution in [1.29, 1.82) is 0 Å². The molecule has 1 aliphatic rings. The van der Waals surface area contributed by atoms with Crippen LogP contribution in [0.25, 0.3) is 0 Å². The summed E-state index contributed by atoms with van der Waals surface area (Å²) in [6.45, 7) is 0.325. The average Bonchev–Trinajstić information content (AvgIpc) is 2.86. The Kier molecular flexibility index (Phi) is 4.38. The van der Waals surface area contributed by atoms with Gasteiger partial charge in [-0.25, -0.2) is 8.78 Å². The highest BCUT2D eigenvalue weighted by molar-refractivity contribution is 5.94. The first-order chi connectivity index (χ1) is 9.43. The molecule has 5 heteroatoms. The summed E-state index contributed by atoms with van der Waals surface area (Å²) in [5.74, 6) is -2.72. The minimum absolute atomic E-state index is 0.272. The highest BCUT2D eigenvalue weighted by Crippen LogP contribution is 2.32. The van der Waals surface area contributed by atoms with Crippen LogP contribution in [0.3, 0.4) is 0 Å². The smallest absolute Gasteiger partial charge is 0.256 e. The van der Waals surface area contributed by atoms with Crippen molar-refractivity contribution >= 4 is 5.91 Å². The fraction of sp³-hybridized carbons (Fsp3) is 0.533. The molecule has 110 valence electrons. The van der Waals surface area contributed by atoms with Crippen molar-refractivity contribution in [1.82, 2.24) is 4.90 Å². The second kappa shape index (κ2) is 5.87. The summed E-state index contributed by atoms with van der Waals surface area (Å²) in [5, 5.41) is 10.2. The van der Waals surface area contributed by atoms with E-state index >= 15 is 0 Å². The van der Waals surface area contributed by atoms with Gasteiger partial charge in [-0.15, -0.1) is 0 Å². The lowest BCUT2D eigenvalue weighted by atomic mass is 9.98. The van der Waals surface area contributed by atoms with E-state index in [0.717, 1.165) is 31.7 Å². The molecule has 0 radical (unpaired) electrons. The minimum Gasteiger partial charge on any atom is -0.390 e. The Bertz CT molecular complexity index is 499. The van der Waals surface area contributed by atoms with Crippen LogP contribution in [0.4, 0.5) is 8.78 Å². The van der Waals surface area contributed by atoms with Crippen molar-refractivity contribution < 1.29 is 18.7 Å². The molecule has 3 nitrogen and oxygen atoms in total. The minimum atomic E-state index is -1.12. The van der Waals surface area contributed by atoms with Gasteiger partial charge in [-0.2, -0.15) is 0 Å². The molecule has 0 atom stereocenters. The summed E-state index contributed by atoms with van der Waals surface area (Å²) in [6, 6.07) is 3.55. The lowest BCUT2D eigenvalue weighted by Crippen LogP contribution is -2.34. The van der Waals surface area contributed by atoms with Crippen LogP contribution in [0.2, 0.25) is 0 Å². The van der Waals surface area contributed by atoms with Crippen molar-refractivity contribution in [2.24, 2.45) is 0 Å². The standard InChI is InChI=1S/C15H19F2NO2/c1-18(10-9-15(20)7-2-3-8-15)14(19)11-5-4-6-12(16)13(11)17/h4-6,20H,2-3,7-10H2,1H3. The molecule has 1 fully saturated rings. The van der Waals surface area contributed by atoms with E-state index in [9.17, 15) is 18.7 Å². The van der Waals surface area contributed by atoms with Gasteiger partial charge in [0.15, 0.2) is 11.6 Å². The highest BCUT2D eigenvalue weighted by Gasteiger charge is 2.31. The second-order valence-corrected chi connectivity index (χ2v) is 5.51. The van der Waals surface area contributed by atoms with E-state index < -0.39 is 23.1 Å². The number of carbonyl (C=O) groups is 1. The Hall–Kier alpha value is -1.49. The predicted molar refractivity (Wildman–Crippen MR) is 71.4 cm³/mol. The Balaban J connectivity index is 2.00. The summed E-state index contributed by atoms with van der Waals surface area (Å²) >= 11 is 0. The molecule has 2 rings (SSSR count). The predicted octanol–water partition coefficient (Wildman–Crippen LogP) is 2.73. The summed E-state index contributed by atoms with van der Waals surface area (Å²) in [4.78, 5) is 13.4. The second-order valence-electron chi connectivity index (χ2n) is 5.51. The number of carbonyl (C=O) groups excluding carboxylic acids is 1. The van der Waals surface area contributed by atoms with Gasteiger partial charge in [0.2, 0.25) is 0 Å². The van der Waals surface area contributed by atoms with Gasteiger partial charge in [0, 0.05) is 13.6 Å². The maximum atomic E-state index is 13.6. The maximum absolute atomic E-state index is 13.6. The molecule has 1 amide bonds. The monoisotopic (exact) mass is 283 g/mol. The molecule has 1 aliphatic carbocycles. The number of halogens is 2. The first-order valence-corrected chi connectivity index (χ1v) is 6.85. The van der Waals surface area contributed by atoms with Crippen LogP contribution in [0.1, 0.15) is 42.5 Å². The SMILES string of the molecule is CN(CCC1(O)CCCC1)C(=O)c1cccc(F)c1F. The highest BCUT2D eigenvalue weighted by atomic mass is 19.2. The lowest BCUT2D eigenvalue weighted by Gasteiger charge is -2.26. The van der Waals surface area contributed by atoms with Gasteiger partial charge in [0.1, 0.15) is 0 Å². The largest absolute Gasteiger partial charge is 0.390 e. The quantitative estimate of drug-likeness (QED) is 0.923. The van der Waals surface area contributed by atoms with E-state index in [1.807, 2.05) is 0 Å². The fourth-order valence-corrected chi connectivity index (χ4v) is 2.64. The molecule has 1 saturated carbocycles. The first-order valence-electron chi connectivity index (χ1n) is 6.85. The number of hydrogen-bond donors (Lipinski definition) is 1. The number of rotatable bonds is 4. The fourth-order valence-electron chi connectivity index (χ4n) is 2.64. The van der Waals surface area contributed by atoms with Crippen molar-refractivity contribution in [2.75, 3.05) is 13.6 Å². The third-order valence-corrected chi connectivity index (χ3v) is 3.98. The number of nitrogens with zero attached hydrogens (tertiary/aromatic N) is 1. The molecular formula is C15H19F2NO2. The van der Waals surface area contributed by atoms with Gasteiger partial charge in [-0.3, -0.25) is 4.79 Å². The molecule has 1 N–H and O–H groups in total. The van der Waals surface area contributed by atoms with Crippen molar-refractivity contribution in [3.63, 3.8) is 0 Å². The van der Waals surface area contributed by atoms with Crippen molar-refractivity contribution in [2.45, 2.75) is 37.7 Å². The topological polar surface area (TPSA) is 40.5 Å². The summed E-state index contributed by atoms with van der Waals surface area (Å²) < 4.78 is 26.7. The molecule has 0 unspecified atom stereocenters. The van der Waals surface area contributed by atoms with Crippen LogP contribution >= 0.6 is 0 Å². The van der Waals surface area contributed by atoms with E-state index in [4.69, 9.17) is 0 Å². The summed E-state index contributed by atoms with van der Waals surface area (Å²) in [6.07, 6.45) is 3.93. The van der Waals surface area contributed by atoms with Crippen molar-refractivity contribution in [3.05, 3.63) is 35.4 Å². The number of amides is 1. The Labute approximate surface area is 117 Å². The van der Waals surface area contributed by atoms with Gasteiger partial charge < -0.3 is 10.0 Å². The zero-order valence-corrected chi connectivity index (χ0v) is 11.5. The number of aliphatic hydroxyl groups is 1. The molecule has 0 spiro atoms. The summed E-state index contributed by atoms with van der Waals surface area (Å²) in [5.41, 5.74) is -0.986. The Morgan fingerprint density at radius 3 is 2.65 bits per heavy atom. The zero-order chi connectivity index (χ0) is 14.8. The van der Waals surface area contributed by atoms with Crippen LogP contribution in [0.15, 0.2) is 18.2 Å². The maximum Gasteiger partial charge on any atom is 0.256 e. The van der Waals surface area contributed by atoms with Crippen LogP contribution < -0.4 is 0 Å². The number of hydrogen-bond acceptors (Lipinski definition) is 2.